The van der Waals surface area contributed by atoms with Crippen molar-refractivity contribution in [3.8, 4) is 0 Å². The van der Waals surface area contributed by atoms with Crippen LogP contribution in [0.2, 0.25) is 0 Å². The van der Waals surface area contributed by atoms with E-state index in [0.717, 1.165) is 12.1 Å². The number of halogens is 2. The number of nitrogens with one attached hydrogen (secondary N) is 1. The largest absolute Gasteiger partial charge is 0.481 e. The second-order valence-corrected chi connectivity index (χ2v) is 6.18. The SMILES string of the molecule is CC(CNC(=O)C1CCN(C(=O)c2ccc(F)cc2F)CC1)C(=O)O. The number of hydrogen-bond acceptors (Lipinski definition) is 3. The van der Waals surface area contributed by atoms with Crippen molar-refractivity contribution in [3.63, 3.8) is 0 Å². The summed E-state index contributed by atoms with van der Waals surface area (Å²) in [6.07, 6.45) is 0.809. The second kappa shape index (κ2) is 8.04. The fraction of sp³-hybridized carbons (Fsp3) is 0.471. The van der Waals surface area contributed by atoms with Crippen LogP contribution in [0, 0.1) is 23.5 Å². The molecule has 25 heavy (non-hydrogen) atoms. The number of aliphatic carboxylic acids is 1. The number of benzene rings is 1. The van der Waals surface area contributed by atoms with E-state index in [1.165, 1.54) is 11.8 Å². The molecule has 136 valence electrons. The number of hydrogen-bond donors (Lipinski definition) is 2. The molecule has 1 aliphatic heterocycles. The first kappa shape index (κ1) is 18.8. The number of likely N-dealkylation sites (tertiary alicyclic amines) is 1. The lowest BCUT2D eigenvalue weighted by molar-refractivity contribution is -0.141. The fourth-order valence-electron chi connectivity index (χ4n) is 2.66. The van der Waals surface area contributed by atoms with Gasteiger partial charge >= 0.3 is 5.97 Å². The number of carbonyl (C=O) groups is 3. The van der Waals surface area contributed by atoms with Gasteiger partial charge in [-0.15, -0.1) is 0 Å². The van der Waals surface area contributed by atoms with Gasteiger partial charge in [-0.3, -0.25) is 14.4 Å². The Labute approximate surface area is 143 Å². The van der Waals surface area contributed by atoms with Crippen LogP contribution >= 0.6 is 0 Å². The van der Waals surface area contributed by atoms with E-state index in [9.17, 15) is 23.2 Å². The van der Waals surface area contributed by atoms with Crippen molar-refractivity contribution < 1.29 is 28.3 Å². The summed E-state index contributed by atoms with van der Waals surface area (Å²) in [5.41, 5.74) is -0.195. The van der Waals surface area contributed by atoms with Gasteiger partial charge in [0.05, 0.1) is 11.5 Å². The van der Waals surface area contributed by atoms with E-state index in [-0.39, 0.29) is 37.0 Å². The number of nitrogens with zero attached hydrogens (tertiary/aromatic N) is 1. The molecule has 0 spiro atoms. The maximum Gasteiger partial charge on any atom is 0.308 e. The summed E-state index contributed by atoms with van der Waals surface area (Å²) in [5, 5.41) is 11.4. The first-order valence-corrected chi connectivity index (χ1v) is 8.04. The molecule has 0 radical (unpaired) electrons. The Morgan fingerprint density at radius 3 is 2.48 bits per heavy atom. The Bertz CT molecular complexity index is 673. The van der Waals surface area contributed by atoms with Crippen molar-refractivity contribution in [1.29, 1.82) is 0 Å². The maximum atomic E-state index is 13.7. The molecule has 1 atom stereocenters. The van der Waals surface area contributed by atoms with E-state index >= 15 is 0 Å². The Morgan fingerprint density at radius 1 is 1.28 bits per heavy atom. The van der Waals surface area contributed by atoms with Crippen molar-refractivity contribution in [2.45, 2.75) is 19.8 Å². The number of rotatable bonds is 5. The van der Waals surface area contributed by atoms with Gasteiger partial charge in [0.25, 0.3) is 5.91 Å². The fourth-order valence-corrected chi connectivity index (χ4v) is 2.66. The minimum absolute atomic E-state index is 0.0497. The van der Waals surface area contributed by atoms with Crippen LogP contribution in [-0.4, -0.2) is 47.4 Å². The lowest BCUT2D eigenvalue weighted by atomic mass is 9.95. The first-order chi connectivity index (χ1) is 11.8. The van der Waals surface area contributed by atoms with E-state index in [2.05, 4.69) is 5.32 Å². The zero-order chi connectivity index (χ0) is 18.6. The minimum atomic E-state index is -0.984. The van der Waals surface area contributed by atoms with Crippen LogP contribution in [0.3, 0.4) is 0 Å². The molecule has 1 aliphatic rings. The van der Waals surface area contributed by atoms with Crippen LogP contribution in [0.25, 0.3) is 0 Å². The quantitative estimate of drug-likeness (QED) is 0.842. The molecular formula is C17H20F2N2O4. The normalized spacial score (nSPS) is 16.4. The summed E-state index contributed by atoms with van der Waals surface area (Å²) in [6, 6.07) is 2.80. The third-order valence-electron chi connectivity index (χ3n) is 4.32. The second-order valence-electron chi connectivity index (χ2n) is 6.18. The van der Waals surface area contributed by atoms with Gasteiger partial charge in [0.15, 0.2) is 0 Å². The molecule has 0 saturated carbocycles. The van der Waals surface area contributed by atoms with Crippen LogP contribution in [0.4, 0.5) is 8.78 Å². The van der Waals surface area contributed by atoms with Crippen LogP contribution < -0.4 is 5.32 Å². The van der Waals surface area contributed by atoms with E-state index in [0.29, 0.717) is 18.9 Å². The summed E-state index contributed by atoms with van der Waals surface area (Å²) in [5.74, 6) is -4.41. The highest BCUT2D eigenvalue weighted by atomic mass is 19.1. The molecule has 2 rings (SSSR count). The Morgan fingerprint density at radius 2 is 1.92 bits per heavy atom. The van der Waals surface area contributed by atoms with E-state index in [1.807, 2.05) is 0 Å². The van der Waals surface area contributed by atoms with Gasteiger partial charge in [-0.1, -0.05) is 6.92 Å². The molecule has 6 nitrogen and oxygen atoms in total. The van der Waals surface area contributed by atoms with Crippen molar-refractivity contribution >= 4 is 17.8 Å². The van der Waals surface area contributed by atoms with Gasteiger partial charge in [0.1, 0.15) is 11.6 Å². The van der Waals surface area contributed by atoms with E-state index < -0.39 is 29.4 Å². The van der Waals surface area contributed by atoms with Crippen molar-refractivity contribution in [3.05, 3.63) is 35.4 Å². The molecule has 1 aromatic carbocycles. The van der Waals surface area contributed by atoms with Crippen LogP contribution in [0.15, 0.2) is 18.2 Å². The lowest BCUT2D eigenvalue weighted by Crippen LogP contribution is -2.44. The van der Waals surface area contributed by atoms with Gasteiger partial charge in [0, 0.05) is 31.6 Å². The number of amides is 2. The van der Waals surface area contributed by atoms with Crippen LogP contribution in [-0.2, 0) is 9.59 Å². The number of carboxylic acids is 1. The number of carboxylic acid groups (broad SMARTS) is 1. The molecule has 8 heteroatoms. The van der Waals surface area contributed by atoms with Crippen molar-refractivity contribution in [2.24, 2.45) is 11.8 Å². The molecule has 1 aromatic rings. The monoisotopic (exact) mass is 354 g/mol. The molecule has 1 unspecified atom stereocenters. The topological polar surface area (TPSA) is 86.7 Å². The van der Waals surface area contributed by atoms with Crippen LogP contribution in [0.1, 0.15) is 30.1 Å². The zero-order valence-electron chi connectivity index (χ0n) is 13.8. The van der Waals surface area contributed by atoms with Crippen LogP contribution in [0.5, 0.6) is 0 Å². The summed E-state index contributed by atoms with van der Waals surface area (Å²) < 4.78 is 26.6. The Hall–Kier alpha value is -2.51. The van der Waals surface area contributed by atoms with Crippen molar-refractivity contribution in [2.75, 3.05) is 19.6 Å². The average Bonchev–Trinajstić information content (AvgIpc) is 2.58. The average molecular weight is 354 g/mol. The van der Waals surface area contributed by atoms with Gasteiger partial charge in [-0.25, -0.2) is 8.78 Å². The smallest absolute Gasteiger partial charge is 0.308 e. The Kier molecular flexibility index (Phi) is 6.06. The zero-order valence-corrected chi connectivity index (χ0v) is 13.8. The highest BCUT2D eigenvalue weighted by Gasteiger charge is 2.29. The minimum Gasteiger partial charge on any atom is -0.481 e. The summed E-state index contributed by atoms with van der Waals surface area (Å²) in [6.45, 7) is 2.11. The molecule has 0 aromatic heterocycles. The molecule has 0 bridgehead atoms. The van der Waals surface area contributed by atoms with Gasteiger partial charge < -0.3 is 15.3 Å². The molecule has 2 N–H and O–H groups in total. The Balaban J connectivity index is 1.87. The highest BCUT2D eigenvalue weighted by molar-refractivity contribution is 5.94. The maximum absolute atomic E-state index is 13.7. The summed E-state index contributed by atoms with van der Waals surface area (Å²) in [7, 11) is 0. The summed E-state index contributed by atoms with van der Waals surface area (Å²) in [4.78, 5) is 36.5. The van der Waals surface area contributed by atoms with Gasteiger partial charge in [-0.05, 0) is 25.0 Å². The predicted molar refractivity (Wildman–Crippen MR) is 84.8 cm³/mol. The van der Waals surface area contributed by atoms with Gasteiger partial charge in [0.2, 0.25) is 5.91 Å². The molecule has 1 fully saturated rings. The van der Waals surface area contributed by atoms with E-state index in [1.54, 1.807) is 0 Å². The first-order valence-electron chi connectivity index (χ1n) is 8.04. The predicted octanol–water partition coefficient (Wildman–Crippen LogP) is 1.65. The van der Waals surface area contributed by atoms with Gasteiger partial charge in [-0.2, -0.15) is 0 Å². The molecule has 0 aliphatic carbocycles. The standard InChI is InChI=1S/C17H20F2N2O4/c1-10(17(24)25)9-20-15(22)11-4-6-21(7-5-11)16(23)13-3-2-12(18)8-14(13)19/h2-3,8,10-11H,4-7,9H2,1H3,(H,20,22)(H,24,25). The number of carbonyl (C=O) groups excluding carboxylic acids is 2. The lowest BCUT2D eigenvalue weighted by Gasteiger charge is -2.31. The molecular weight excluding hydrogens is 334 g/mol. The molecule has 1 heterocycles. The molecule has 2 amide bonds. The molecule has 1 saturated heterocycles. The van der Waals surface area contributed by atoms with Crippen molar-refractivity contribution in [1.82, 2.24) is 10.2 Å². The summed E-state index contributed by atoms with van der Waals surface area (Å²) >= 11 is 0. The number of piperidine rings is 1. The highest BCUT2D eigenvalue weighted by Crippen LogP contribution is 2.20. The third-order valence-corrected chi connectivity index (χ3v) is 4.32. The van der Waals surface area contributed by atoms with E-state index in [4.69, 9.17) is 5.11 Å². The third kappa shape index (κ3) is 4.74.